The first-order valence-corrected chi connectivity index (χ1v) is 7.65. The number of rotatable bonds is 4. The zero-order chi connectivity index (χ0) is 14.0. The molecule has 0 aliphatic rings. The molecule has 2 aromatic rings. The van der Waals surface area contributed by atoms with Gasteiger partial charge in [-0.25, -0.2) is 9.78 Å². The fraction of sp³-hybridized carbons (Fsp3) is 0.167. The highest BCUT2D eigenvalue weighted by atomic mass is 35.5. The van der Waals surface area contributed by atoms with Gasteiger partial charge < -0.3 is 9.84 Å². The third-order valence-electron chi connectivity index (χ3n) is 2.42. The zero-order valence-corrected chi connectivity index (χ0v) is 12.5. The number of thioether (sulfide) groups is 1. The number of carboxylic acids is 1. The summed E-state index contributed by atoms with van der Waals surface area (Å²) in [5.41, 5.74) is 1.32. The number of benzene rings is 1. The molecular weight excluding hydrogens is 306 g/mol. The molecule has 1 aromatic heterocycles. The van der Waals surface area contributed by atoms with Crippen molar-refractivity contribution in [3.63, 3.8) is 0 Å². The third kappa shape index (κ3) is 2.86. The molecule has 0 aliphatic heterocycles. The van der Waals surface area contributed by atoms with Gasteiger partial charge in [-0.1, -0.05) is 11.6 Å². The van der Waals surface area contributed by atoms with E-state index < -0.39 is 5.97 Å². The number of carbonyl (C=O) groups is 1. The highest BCUT2D eigenvalue weighted by molar-refractivity contribution is 7.98. The minimum atomic E-state index is -1.03. The molecule has 1 heterocycles. The van der Waals surface area contributed by atoms with Gasteiger partial charge in [-0.05, 0) is 18.4 Å². The van der Waals surface area contributed by atoms with E-state index in [1.54, 1.807) is 24.6 Å². The van der Waals surface area contributed by atoms with E-state index in [-0.39, 0.29) is 5.01 Å². The van der Waals surface area contributed by atoms with Crippen molar-refractivity contribution >= 4 is 40.7 Å². The maximum Gasteiger partial charge on any atom is 0.365 e. The normalized spacial score (nSPS) is 10.5. The molecule has 1 aromatic carbocycles. The maximum absolute atomic E-state index is 10.8. The van der Waals surface area contributed by atoms with E-state index in [1.165, 1.54) is 11.8 Å². The Hall–Kier alpha value is -1.24. The molecule has 0 aliphatic carbocycles. The summed E-state index contributed by atoms with van der Waals surface area (Å²) in [6, 6.07) is 3.56. The molecule has 0 bridgehead atoms. The standard InChI is InChI=1S/C12H10ClNO3S2/c1-17-9-4-6(3-7(13)10(9)18-2)8-5-19-11(14-8)12(15)16/h3-5H,1-2H3,(H,15,16). The largest absolute Gasteiger partial charge is 0.496 e. The van der Waals surface area contributed by atoms with Gasteiger partial charge in [0, 0.05) is 10.9 Å². The molecule has 100 valence electrons. The predicted octanol–water partition coefficient (Wildman–Crippen LogP) is 3.89. The summed E-state index contributed by atoms with van der Waals surface area (Å²) < 4.78 is 5.29. The number of carboxylic acid groups (broad SMARTS) is 1. The smallest absolute Gasteiger partial charge is 0.365 e. The van der Waals surface area contributed by atoms with E-state index in [2.05, 4.69) is 4.98 Å². The molecule has 1 N–H and O–H groups in total. The minimum absolute atomic E-state index is 0.0547. The summed E-state index contributed by atoms with van der Waals surface area (Å²) in [5.74, 6) is -0.380. The Morgan fingerprint density at radius 1 is 1.53 bits per heavy atom. The number of hydrogen-bond acceptors (Lipinski definition) is 5. The van der Waals surface area contributed by atoms with Crippen molar-refractivity contribution < 1.29 is 14.6 Å². The number of aromatic carboxylic acids is 1. The number of aromatic nitrogens is 1. The highest BCUT2D eigenvalue weighted by Gasteiger charge is 2.14. The highest BCUT2D eigenvalue weighted by Crippen LogP contribution is 2.38. The van der Waals surface area contributed by atoms with Crippen molar-refractivity contribution in [1.29, 1.82) is 0 Å². The van der Waals surface area contributed by atoms with Gasteiger partial charge in [0.2, 0.25) is 5.01 Å². The average molecular weight is 316 g/mol. The molecule has 19 heavy (non-hydrogen) atoms. The average Bonchev–Trinajstić information content (AvgIpc) is 2.87. The number of ether oxygens (including phenoxy) is 1. The molecule has 4 nitrogen and oxygen atoms in total. The fourth-order valence-electron chi connectivity index (χ4n) is 1.57. The molecule has 0 unspecified atom stereocenters. The number of hydrogen-bond donors (Lipinski definition) is 1. The molecule has 0 radical (unpaired) electrons. The van der Waals surface area contributed by atoms with Gasteiger partial charge in [-0.15, -0.1) is 23.1 Å². The quantitative estimate of drug-likeness (QED) is 0.867. The van der Waals surface area contributed by atoms with E-state index >= 15 is 0 Å². The molecule has 0 amide bonds. The Balaban J connectivity index is 2.50. The molecule has 0 atom stereocenters. The van der Waals surface area contributed by atoms with E-state index in [0.29, 0.717) is 16.5 Å². The lowest BCUT2D eigenvalue weighted by Crippen LogP contribution is -1.94. The summed E-state index contributed by atoms with van der Waals surface area (Å²) in [6.07, 6.45) is 1.91. The lowest BCUT2D eigenvalue weighted by Gasteiger charge is -2.10. The van der Waals surface area contributed by atoms with Gasteiger partial charge in [0.15, 0.2) is 0 Å². The van der Waals surface area contributed by atoms with Crippen molar-refractivity contribution in [1.82, 2.24) is 4.98 Å². The van der Waals surface area contributed by atoms with Crippen LogP contribution < -0.4 is 4.74 Å². The summed E-state index contributed by atoms with van der Waals surface area (Å²) in [6.45, 7) is 0. The van der Waals surface area contributed by atoms with E-state index in [0.717, 1.165) is 21.8 Å². The molecule has 0 saturated carbocycles. The van der Waals surface area contributed by atoms with Crippen LogP contribution in [0.5, 0.6) is 5.75 Å². The SMILES string of the molecule is COc1cc(-c2csc(C(=O)O)n2)cc(Cl)c1SC. The van der Waals surface area contributed by atoms with Crippen LogP contribution in [0, 0.1) is 0 Å². The van der Waals surface area contributed by atoms with Crippen LogP contribution >= 0.6 is 34.7 Å². The van der Waals surface area contributed by atoms with Crippen molar-refractivity contribution in [2.24, 2.45) is 0 Å². The van der Waals surface area contributed by atoms with Crippen LogP contribution in [0.4, 0.5) is 0 Å². The Kier molecular flexibility index (Phi) is 4.34. The van der Waals surface area contributed by atoms with Crippen molar-refractivity contribution in [2.75, 3.05) is 13.4 Å². The van der Waals surface area contributed by atoms with E-state index in [1.807, 2.05) is 6.26 Å². The van der Waals surface area contributed by atoms with Crippen LogP contribution in [0.25, 0.3) is 11.3 Å². The van der Waals surface area contributed by atoms with Crippen LogP contribution in [0.2, 0.25) is 5.02 Å². The second kappa shape index (κ2) is 5.81. The first-order valence-electron chi connectivity index (χ1n) is 5.17. The monoisotopic (exact) mass is 315 g/mol. The molecule has 7 heteroatoms. The first-order chi connectivity index (χ1) is 9.06. The lowest BCUT2D eigenvalue weighted by atomic mass is 10.1. The van der Waals surface area contributed by atoms with Crippen LogP contribution in [-0.4, -0.2) is 29.4 Å². The lowest BCUT2D eigenvalue weighted by molar-refractivity contribution is 0.0696. The van der Waals surface area contributed by atoms with Gasteiger partial charge in [-0.3, -0.25) is 0 Å². The number of halogens is 1. The predicted molar refractivity (Wildman–Crippen MR) is 77.9 cm³/mol. The molecule has 0 fully saturated rings. The van der Waals surface area contributed by atoms with Gasteiger partial charge in [-0.2, -0.15) is 0 Å². The second-order valence-electron chi connectivity index (χ2n) is 3.54. The van der Waals surface area contributed by atoms with Gasteiger partial charge in [0.1, 0.15) is 5.75 Å². The summed E-state index contributed by atoms with van der Waals surface area (Å²) in [4.78, 5) is 15.7. The topological polar surface area (TPSA) is 59.4 Å². The molecule has 0 saturated heterocycles. The van der Waals surface area contributed by atoms with Crippen LogP contribution in [-0.2, 0) is 0 Å². The Labute approximate surface area is 123 Å². The minimum Gasteiger partial charge on any atom is -0.496 e. The van der Waals surface area contributed by atoms with Gasteiger partial charge in [0.05, 0.1) is 22.7 Å². The van der Waals surface area contributed by atoms with Gasteiger partial charge in [0.25, 0.3) is 0 Å². The zero-order valence-electron chi connectivity index (χ0n) is 10.1. The summed E-state index contributed by atoms with van der Waals surface area (Å²) >= 11 is 8.76. The molecule has 0 spiro atoms. The second-order valence-corrected chi connectivity index (χ2v) is 5.62. The van der Waals surface area contributed by atoms with Crippen LogP contribution in [0.1, 0.15) is 9.80 Å². The first kappa shape index (κ1) is 14.2. The van der Waals surface area contributed by atoms with Crippen LogP contribution in [0.15, 0.2) is 22.4 Å². The Morgan fingerprint density at radius 2 is 2.26 bits per heavy atom. The summed E-state index contributed by atoms with van der Waals surface area (Å²) in [5, 5.41) is 11.2. The van der Waals surface area contributed by atoms with Crippen molar-refractivity contribution in [3.05, 3.63) is 27.5 Å². The summed E-state index contributed by atoms with van der Waals surface area (Å²) in [7, 11) is 1.57. The number of nitrogens with zero attached hydrogens (tertiary/aromatic N) is 1. The molecular formula is C12H10ClNO3S2. The molecule has 2 rings (SSSR count). The van der Waals surface area contributed by atoms with Gasteiger partial charge >= 0.3 is 5.97 Å². The van der Waals surface area contributed by atoms with Crippen LogP contribution in [0.3, 0.4) is 0 Å². The number of thiazole rings is 1. The van der Waals surface area contributed by atoms with E-state index in [4.69, 9.17) is 21.4 Å². The Bertz CT molecular complexity index is 627. The van der Waals surface area contributed by atoms with Crippen molar-refractivity contribution in [3.8, 4) is 17.0 Å². The number of methoxy groups -OCH3 is 1. The third-order valence-corrected chi connectivity index (χ3v) is 4.49. The Morgan fingerprint density at radius 3 is 2.79 bits per heavy atom. The fourth-order valence-corrected chi connectivity index (χ4v) is 3.27. The van der Waals surface area contributed by atoms with Crippen molar-refractivity contribution in [2.45, 2.75) is 4.90 Å². The maximum atomic E-state index is 10.8. The van der Waals surface area contributed by atoms with E-state index in [9.17, 15) is 4.79 Å².